The van der Waals surface area contributed by atoms with Gasteiger partial charge in [-0.15, -0.1) is 0 Å². The number of hydrogen-bond acceptors (Lipinski definition) is 0. The molecule has 0 radical (unpaired) electrons. The van der Waals surface area contributed by atoms with E-state index in [0.29, 0.717) is 0 Å². The van der Waals surface area contributed by atoms with Crippen molar-refractivity contribution >= 4 is 140 Å². The van der Waals surface area contributed by atoms with Crippen molar-refractivity contribution in [2.45, 2.75) is 48.5 Å². The van der Waals surface area contributed by atoms with Gasteiger partial charge in [0.1, 0.15) is 0 Å². The average molecular weight is 1490 g/mol. The van der Waals surface area contributed by atoms with E-state index in [4.69, 9.17) is 0 Å². The van der Waals surface area contributed by atoms with E-state index in [1.807, 2.05) is 0 Å². The molecule has 0 spiro atoms. The number of rotatable bonds is 7. The maximum Gasteiger partial charge on any atom is -0.00203 e. The first-order valence-electron chi connectivity index (χ1n) is 41.1. The highest BCUT2D eigenvalue weighted by Crippen LogP contribution is 2.48. The monoisotopic (exact) mass is 1490 g/mol. The van der Waals surface area contributed by atoms with Crippen molar-refractivity contribution in [2.75, 3.05) is 0 Å². The fraction of sp³-hybridized carbons (Fsp3) is 0.0598. The van der Waals surface area contributed by atoms with Crippen molar-refractivity contribution in [1.82, 2.24) is 0 Å². The van der Waals surface area contributed by atoms with Gasteiger partial charge in [0.25, 0.3) is 0 Å². The summed E-state index contributed by atoms with van der Waals surface area (Å²) < 4.78 is 0. The van der Waals surface area contributed by atoms with E-state index in [0.717, 1.165) is 0 Å². The maximum absolute atomic E-state index is 2.34. The number of benzene rings is 24. The van der Waals surface area contributed by atoms with Gasteiger partial charge in [0.2, 0.25) is 0 Å². The Kier molecular flexibility index (Phi) is 17.3. The van der Waals surface area contributed by atoms with Crippen molar-refractivity contribution in [3.05, 3.63) is 421 Å². The Morgan fingerprint density at radius 2 is 0.436 bits per heavy atom. The van der Waals surface area contributed by atoms with Crippen LogP contribution in [0.2, 0.25) is 0 Å². The van der Waals surface area contributed by atoms with E-state index in [1.54, 1.807) is 0 Å². The summed E-state index contributed by atoms with van der Waals surface area (Å²) in [6.45, 7) is 15.3. The second kappa shape index (κ2) is 28.7. The standard InChI is InChI=1S/C34H24.C30H22.C29H20.C24H18/c1-21-18-22(2)20-26(19-21)28-14-10-24-13-17-32-30(15-11-25-12-16-31(28)33(24)34(25)32)29-9-5-7-23-6-3-4-8-27(23)29;1-19-8-13-24(20(2)18-19)26-15-10-23-11-16-27-25(21-6-4-3-5-7-21)14-9-22-12-17-28(26)30(23)29(22)27;1-19-10-11-24(18-27(19)20-6-3-2-4-7-20)25-16-14-23-13-12-21-8-5-9-22-15-17-26(25)29(23)28(21)22;1-15-6-7-20(14-16(15)2)21-12-10-19-9-8-17-4-3-5-18-11-13-22(21)24(19)23(17)18/h3-20H,1-2H3;3-18H,1-2H3;2-18H,1H3;3-14H,1-2H3. The molecule has 0 aromatic heterocycles. The molecule has 0 heterocycles. The van der Waals surface area contributed by atoms with Crippen LogP contribution in [0, 0.1) is 48.5 Å². The quantitative estimate of drug-likeness (QED) is 0.140. The first-order valence-corrected chi connectivity index (χ1v) is 41.1. The summed E-state index contributed by atoms with van der Waals surface area (Å²) in [5.41, 5.74) is 27.4. The zero-order chi connectivity index (χ0) is 78.7. The molecule has 0 heteroatoms. The summed E-state index contributed by atoms with van der Waals surface area (Å²) in [6, 6.07) is 141. The van der Waals surface area contributed by atoms with Gasteiger partial charge in [-0.2, -0.15) is 0 Å². The van der Waals surface area contributed by atoms with Gasteiger partial charge in [-0.1, -0.05) is 393 Å². The lowest BCUT2D eigenvalue weighted by molar-refractivity contribution is 1.34. The zero-order valence-electron chi connectivity index (χ0n) is 66.9. The molecule has 24 rings (SSSR count). The molecule has 0 bridgehead atoms. The van der Waals surface area contributed by atoms with Crippen LogP contribution in [0.5, 0.6) is 0 Å². The lowest BCUT2D eigenvalue weighted by Crippen LogP contribution is -1.91. The largest absolute Gasteiger partial charge is 0.0622 e. The summed E-state index contributed by atoms with van der Waals surface area (Å²) in [6.07, 6.45) is 0. The van der Waals surface area contributed by atoms with Gasteiger partial charge < -0.3 is 0 Å². The van der Waals surface area contributed by atoms with Crippen molar-refractivity contribution < 1.29 is 0 Å². The van der Waals surface area contributed by atoms with Crippen molar-refractivity contribution in [3.63, 3.8) is 0 Å². The summed E-state index contributed by atoms with van der Waals surface area (Å²) in [7, 11) is 0. The first-order chi connectivity index (χ1) is 57.4. The lowest BCUT2D eigenvalue weighted by atomic mass is 9.86. The molecule has 24 aromatic rings. The lowest BCUT2D eigenvalue weighted by Gasteiger charge is -2.17. The molecule has 0 fully saturated rings. The minimum atomic E-state index is 1.27. The minimum absolute atomic E-state index is 1.27. The topological polar surface area (TPSA) is 0 Å². The van der Waals surface area contributed by atoms with Crippen LogP contribution in [0.1, 0.15) is 38.9 Å². The SMILES string of the molecule is Cc1cc(C)cc(-c2ccc3ccc4c(-c5cccc6ccccc56)ccc5ccc2c3c54)c1.Cc1ccc(-c2ccc3ccc4c(-c5ccccc5)ccc5ccc2c3c54)c(C)c1.Cc1ccc(-c2ccc3ccc4cccc5ccc2c3c45)cc1-c1ccccc1.Cc1ccc(-c2ccc3ccc4cccc5ccc2c3c45)cc1C. The van der Waals surface area contributed by atoms with Crippen LogP contribution in [0.25, 0.3) is 218 Å². The molecule has 117 heavy (non-hydrogen) atoms. The number of hydrogen-bond donors (Lipinski definition) is 0. The molecular weight excluding hydrogens is 1410 g/mol. The van der Waals surface area contributed by atoms with Crippen molar-refractivity contribution in [1.29, 1.82) is 0 Å². The van der Waals surface area contributed by atoms with Crippen molar-refractivity contribution in [3.8, 4) is 77.9 Å². The van der Waals surface area contributed by atoms with E-state index < -0.39 is 0 Å². The van der Waals surface area contributed by atoms with E-state index in [9.17, 15) is 0 Å². The molecule has 0 saturated carbocycles. The summed E-state index contributed by atoms with van der Waals surface area (Å²) in [5, 5.41) is 34.7. The Balaban J connectivity index is 0.0000000979. The highest BCUT2D eigenvalue weighted by atomic mass is 14.2. The predicted molar refractivity (Wildman–Crippen MR) is 509 cm³/mol. The van der Waals surface area contributed by atoms with Gasteiger partial charge in [0, 0.05) is 0 Å². The Morgan fingerprint density at radius 3 is 0.897 bits per heavy atom. The molecule has 0 aliphatic heterocycles. The van der Waals surface area contributed by atoms with E-state index in [-0.39, 0.29) is 0 Å². The normalized spacial score (nSPS) is 11.7. The van der Waals surface area contributed by atoms with Crippen molar-refractivity contribution in [2.24, 2.45) is 0 Å². The molecule has 0 aliphatic carbocycles. The Bertz CT molecular complexity index is 7940. The third-order valence-corrected chi connectivity index (χ3v) is 25.2. The second-order valence-electron chi connectivity index (χ2n) is 32.5. The molecule has 552 valence electrons. The highest BCUT2D eigenvalue weighted by Gasteiger charge is 2.21. The molecule has 0 nitrogen and oxygen atoms in total. The van der Waals surface area contributed by atoms with Crippen LogP contribution in [-0.4, -0.2) is 0 Å². The molecule has 0 unspecified atom stereocenters. The van der Waals surface area contributed by atoms with Gasteiger partial charge in [0.15, 0.2) is 0 Å². The highest BCUT2D eigenvalue weighted by molar-refractivity contribution is 6.31. The number of aryl methyl sites for hydroxylation is 7. The summed E-state index contributed by atoms with van der Waals surface area (Å²) in [5.74, 6) is 0. The fourth-order valence-electron chi connectivity index (χ4n) is 19.5. The summed E-state index contributed by atoms with van der Waals surface area (Å²) >= 11 is 0. The van der Waals surface area contributed by atoms with Crippen LogP contribution in [0.3, 0.4) is 0 Å². The first kappa shape index (κ1) is 70.6. The van der Waals surface area contributed by atoms with E-state index in [1.165, 1.54) is 257 Å². The average Bonchev–Trinajstić information content (AvgIpc) is 0.740. The van der Waals surface area contributed by atoms with Crippen LogP contribution in [0.4, 0.5) is 0 Å². The Hall–Kier alpha value is -14.3. The van der Waals surface area contributed by atoms with Crippen LogP contribution in [0.15, 0.2) is 382 Å². The maximum atomic E-state index is 2.34. The predicted octanol–water partition coefficient (Wildman–Crippen LogP) is 33.3. The molecular formula is C117H84. The Labute approximate surface area is 682 Å². The van der Waals surface area contributed by atoms with Gasteiger partial charge in [-0.3, -0.25) is 0 Å². The molecule has 0 saturated heterocycles. The minimum Gasteiger partial charge on any atom is -0.0622 e. The van der Waals surface area contributed by atoms with Gasteiger partial charge in [-0.05, 0) is 295 Å². The smallest absolute Gasteiger partial charge is 0.00203 e. The molecule has 24 aromatic carbocycles. The zero-order valence-corrected chi connectivity index (χ0v) is 66.9. The van der Waals surface area contributed by atoms with Gasteiger partial charge >= 0.3 is 0 Å². The Morgan fingerprint density at radius 1 is 0.120 bits per heavy atom. The molecule has 0 amide bonds. The third-order valence-electron chi connectivity index (χ3n) is 25.2. The van der Waals surface area contributed by atoms with Crippen LogP contribution < -0.4 is 0 Å². The summed E-state index contributed by atoms with van der Waals surface area (Å²) in [4.78, 5) is 0. The van der Waals surface area contributed by atoms with E-state index >= 15 is 0 Å². The van der Waals surface area contributed by atoms with Gasteiger partial charge in [-0.25, -0.2) is 0 Å². The molecule has 0 N–H and O–H groups in total. The van der Waals surface area contributed by atoms with Gasteiger partial charge in [0.05, 0.1) is 0 Å². The third kappa shape index (κ3) is 12.2. The van der Waals surface area contributed by atoms with Crippen LogP contribution >= 0.6 is 0 Å². The molecule has 0 atom stereocenters. The number of fused-ring (bicyclic) bond motifs is 1. The van der Waals surface area contributed by atoms with E-state index in [2.05, 4.69) is 431 Å². The second-order valence-corrected chi connectivity index (χ2v) is 32.5. The van der Waals surface area contributed by atoms with Crippen LogP contribution in [-0.2, 0) is 0 Å². The fourth-order valence-corrected chi connectivity index (χ4v) is 19.5. The molecule has 0 aliphatic rings.